The predicted molar refractivity (Wildman–Crippen MR) is 95.4 cm³/mol. The smallest absolute Gasteiger partial charge is 0.171 e. The molecule has 23 heavy (non-hydrogen) atoms. The summed E-state index contributed by atoms with van der Waals surface area (Å²) in [6, 6.07) is 8.03. The molecule has 0 aliphatic rings. The van der Waals surface area contributed by atoms with Crippen LogP contribution in [0.4, 0.5) is 11.4 Å². The largest absolute Gasteiger partial charge is 0.196 e. The lowest BCUT2D eigenvalue weighted by Crippen LogP contribution is -1.85. The average Bonchev–Trinajstić information content (AvgIpc) is 2.58. The van der Waals surface area contributed by atoms with E-state index in [-0.39, 0.29) is 6.67 Å². The van der Waals surface area contributed by atoms with Crippen molar-refractivity contribution in [3.63, 3.8) is 0 Å². The number of aryl methyl sites for hydroxylation is 2. The maximum atomic E-state index is 4.23. The van der Waals surface area contributed by atoms with Crippen LogP contribution in [0.5, 0.6) is 0 Å². The van der Waals surface area contributed by atoms with Crippen molar-refractivity contribution in [1.82, 2.24) is 0 Å². The third-order valence-corrected chi connectivity index (χ3v) is 3.30. The second-order valence-corrected chi connectivity index (χ2v) is 4.54. The van der Waals surface area contributed by atoms with Gasteiger partial charge in [-0.05, 0) is 47.9 Å². The first-order chi connectivity index (χ1) is 11.2. The first-order valence-electron chi connectivity index (χ1n) is 7.65. The number of benzene rings is 2. The normalized spacial score (nSPS) is 11.6. The average molecular weight is 312 g/mol. The number of rotatable bonds is 4. The monoisotopic (exact) mass is 312 g/mol. The summed E-state index contributed by atoms with van der Waals surface area (Å²) in [6.45, 7) is 8.33. The van der Waals surface area contributed by atoms with Gasteiger partial charge in [0.15, 0.2) is 6.67 Å². The van der Waals surface area contributed by atoms with Crippen LogP contribution in [0.25, 0.3) is 10.8 Å². The van der Waals surface area contributed by atoms with Gasteiger partial charge in [-0.3, -0.25) is 0 Å². The molecule has 0 saturated heterocycles. The van der Waals surface area contributed by atoms with Gasteiger partial charge in [0.1, 0.15) is 0 Å². The van der Waals surface area contributed by atoms with Crippen LogP contribution in [0.15, 0.2) is 55.0 Å². The van der Waals surface area contributed by atoms with E-state index in [0.717, 1.165) is 33.3 Å². The van der Waals surface area contributed by atoms with Crippen LogP contribution in [0.1, 0.15) is 25.0 Å². The highest BCUT2D eigenvalue weighted by Crippen LogP contribution is 2.34. The summed E-state index contributed by atoms with van der Waals surface area (Å²) in [5.74, 6) is 0. The Hall–Kier alpha value is -2.50. The van der Waals surface area contributed by atoms with Gasteiger partial charge in [-0.15, -0.1) is 0 Å². The molecule has 0 spiro atoms. The predicted octanol–water partition coefficient (Wildman–Crippen LogP) is 6.32. The molecule has 0 amide bonds. The zero-order valence-corrected chi connectivity index (χ0v) is 14.7. The lowest BCUT2D eigenvalue weighted by Gasteiger charge is -2.09. The van der Waals surface area contributed by atoms with Crippen molar-refractivity contribution in [3.8, 4) is 0 Å². The Labute approximate surface area is 137 Å². The minimum absolute atomic E-state index is 0.247. The SMILES string of the molecule is CC.CN=NCN=Nc1ccc2ccc(N=NC)c(C)c2c1C. The fourth-order valence-corrected chi connectivity index (χ4v) is 2.30. The lowest BCUT2D eigenvalue weighted by molar-refractivity contribution is 0.888. The van der Waals surface area contributed by atoms with Crippen molar-refractivity contribution in [3.05, 3.63) is 35.4 Å². The van der Waals surface area contributed by atoms with Gasteiger partial charge in [-0.2, -0.15) is 30.7 Å². The maximum absolute atomic E-state index is 4.23. The molecular weight excluding hydrogens is 288 g/mol. The second kappa shape index (κ2) is 9.50. The maximum Gasteiger partial charge on any atom is 0.171 e. The van der Waals surface area contributed by atoms with Gasteiger partial charge < -0.3 is 0 Å². The third kappa shape index (κ3) is 4.48. The summed E-state index contributed by atoms with van der Waals surface area (Å²) in [5, 5.41) is 26.0. The van der Waals surface area contributed by atoms with Crippen LogP contribution in [-0.2, 0) is 0 Å². The molecule has 2 rings (SSSR count). The zero-order chi connectivity index (χ0) is 17.2. The topological polar surface area (TPSA) is 74.2 Å². The summed E-state index contributed by atoms with van der Waals surface area (Å²) in [5.41, 5.74) is 3.89. The number of hydrogen-bond acceptors (Lipinski definition) is 6. The van der Waals surface area contributed by atoms with E-state index in [4.69, 9.17) is 0 Å². The molecule has 0 unspecified atom stereocenters. The van der Waals surface area contributed by atoms with Crippen molar-refractivity contribution in [2.24, 2.45) is 30.7 Å². The summed E-state index contributed by atoms with van der Waals surface area (Å²) >= 11 is 0. The van der Waals surface area contributed by atoms with E-state index in [0.29, 0.717) is 0 Å². The molecule has 0 saturated carbocycles. The molecule has 6 nitrogen and oxygen atoms in total. The fourth-order valence-electron chi connectivity index (χ4n) is 2.30. The van der Waals surface area contributed by atoms with Crippen LogP contribution < -0.4 is 0 Å². The zero-order valence-electron chi connectivity index (χ0n) is 14.7. The summed E-state index contributed by atoms with van der Waals surface area (Å²) in [4.78, 5) is 0. The number of fused-ring (bicyclic) bond motifs is 1. The van der Waals surface area contributed by atoms with Gasteiger partial charge >= 0.3 is 0 Å². The van der Waals surface area contributed by atoms with E-state index in [1.807, 2.05) is 52.0 Å². The van der Waals surface area contributed by atoms with Gasteiger partial charge in [-0.1, -0.05) is 26.0 Å². The van der Waals surface area contributed by atoms with Crippen LogP contribution >= 0.6 is 0 Å². The van der Waals surface area contributed by atoms with Crippen molar-refractivity contribution >= 4 is 22.1 Å². The molecular formula is C17H24N6. The Balaban J connectivity index is 0.00000127. The molecule has 0 bridgehead atoms. The molecule has 122 valence electrons. The van der Waals surface area contributed by atoms with Crippen molar-refractivity contribution < 1.29 is 0 Å². The van der Waals surface area contributed by atoms with Crippen LogP contribution in [-0.4, -0.2) is 20.8 Å². The Kier molecular flexibility index (Phi) is 7.66. The Morgan fingerprint density at radius 3 is 1.83 bits per heavy atom. The van der Waals surface area contributed by atoms with Crippen molar-refractivity contribution in [2.75, 3.05) is 20.8 Å². The molecule has 0 aliphatic heterocycles. The molecule has 0 atom stereocenters. The molecule has 2 aromatic carbocycles. The fraction of sp³-hybridized carbons (Fsp3) is 0.412. The molecule has 0 fully saturated rings. The van der Waals surface area contributed by atoms with Gasteiger partial charge in [-0.25, -0.2) is 0 Å². The quantitative estimate of drug-likeness (QED) is 0.592. The second-order valence-electron chi connectivity index (χ2n) is 4.54. The van der Waals surface area contributed by atoms with E-state index in [9.17, 15) is 0 Å². The highest BCUT2D eigenvalue weighted by Gasteiger charge is 2.08. The van der Waals surface area contributed by atoms with E-state index in [2.05, 4.69) is 30.7 Å². The van der Waals surface area contributed by atoms with Gasteiger partial charge in [0.05, 0.1) is 11.4 Å². The molecule has 6 heteroatoms. The number of hydrogen-bond donors (Lipinski definition) is 0. The third-order valence-electron chi connectivity index (χ3n) is 3.30. The Morgan fingerprint density at radius 1 is 0.739 bits per heavy atom. The van der Waals surface area contributed by atoms with Crippen molar-refractivity contribution in [1.29, 1.82) is 0 Å². The first-order valence-corrected chi connectivity index (χ1v) is 7.65. The molecule has 0 aliphatic carbocycles. The van der Waals surface area contributed by atoms with E-state index in [1.165, 1.54) is 0 Å². The molecule has 0 radical (unpaired) electrons. The van der Waals surface area contributed by atoms with Crippen molar-refractivity contribution in [2.45, 2.75) is 27.7 Å². The summed E-state index contributed by atoms with van der Waals surface area (Å²) < 4.78 is 0. The van der Waals surface area contributed by atoms with E-state index >= 15 is 0 Å². The van der Waals surface area contributed by atoms with Crippen LogP contribution in [0.3, 0.4) is 0 Å². The van der Waals surface area contributed by atoms with Crippen LogP contribution in [0, 0.1) is 13.8 Å². The molecule has 0 aromatic heterocycles. The van der Waals surface area contributed by atoms with Gasteiger partial charge in [0, 0.05) is 14.1 Å². The molecule has 2 aromatic rings. The highest BCUT2D eigenvalue weighted by molar-refractivity contribution is 5.94. The lowest BCUT2D eigenvalue weighted by atomic mass is 9.98. The minimum Gasteiger partial charge on any atom is -0.196 e. The van der Waals surface area contributed by atoms with Gasteiger partial charge in [0.25, 0.3) is 0 Å². The Bertz CT molecular complexity index is 731. The Morgan fingerprint density at radius 2 is 1.30 bits per heavy atom. The van der Waals surface area contributed by atoms with E-state index in [1.54, 1.807) is 14.1 Å². The minimum atomic E-state index is 0.247. The van der Waals surface area contributed by atoms with E-state index < -0.39 is 0 Å². The molecule has 0 heterocycles. The summed E-state index contributed by atoms with van der Waals surface area (Å²) in [7, 11) is 3.29. The standard InChI is InChI=1S/C15H18N6.C2H6/c1-10-13(20-17-4)7-5-12-6-8-14(11(2)15(10)12)21-19-9-18-16-3;1-2/h5-8H,9H2,1-4H3;1-2H3. The number of azo groups is 3. The molecule has 0 N–H and O–H groups in total. The highest BCUT2D eigenvalue weighted by atomic mass is 15.2. The number of nitrogens with zero attached hydrogens (tertiary/aromatic N) is 6. The summed E-state index contributed by atoms with van der Waals surface area (Å²) in [6.07, 6.45) is 0. The van der Waals surface area contributed by atoms with Crippen LogP contribution in [0.2, 0.25) is 0 Å². The first kappa shape index (κ1) is 18.5. The van der Waals surface area contributed by atoms with Gasteiger partial charge in [0.2, 0.25) is 0 Å².